The van der Waals surface area contributed by atoms with Gasteiger partial charge in [0.05, 0.1) is 5.60 Å². The molecule has 0 bridgehead atoms. The van der Waals surface area contributed by atoms with Crippen LogP contribution in [0.15, 0.2) is 12.4 Å². The topological polar surface area (TPSA) is 38.0 Å². The van der Waals surface area contributed by atoms with E-state index >= 15 is 0 Å². The standard InChI is InChI=1S/C13H24N2O/c1-5-8-15-9-7-14-12(15)10-13(16,6-2)11(3)4/h7,9,11,16H,5-6,8,10H2,1-4H3. The first-order valence-corrected chi connectivity index (χ1v) is 6.26. The van der Waals surface area contributed by atoms with Crippen LogP contribution in [0.5, 0.6) is 0 Å². The fraction of sp³-hybridized carbons (Fsp3) is 0.769. The lowest BCUT2D eigenvalue weighted by molar-refractivity contribution is -0.0107. The Morgan fingerprint density at radius 1 is 1.44 bits per heavy atom. The van der Waals surface area contributed by atoms with Crippen molar-refractivity contribution >= 4 is 0 Å². The second-order valence-electron chi connectivity index (χ2n) is 4.83. The van der Waals surface area contributed by atoms with Crippen molar-refractivity contribution in [2.75, 3.05) is 0 Å². The molecule has 0 spiro atoms. The van der Waals surface area contributed by atoms with Gasteiger partial charge >= 0.3 is 0 Å². The monoisotopic (exact) mass is 224 g/mol. The molecule has 1 atom stereocenters. The van der Waals surface area contributed by atoms with Gasteiger partial charge in [0.1, 0.15) is 5.82 Å². The summed E-state index contributed by atoms with van der Waals surface area (Å²) < 4.78 is 2.14. The summed E-state index contributed by atoms with van der Waals surface area (Å²) in [5.74, 6) is 1.25. The summed E-state index contributed by atoms with van der Waals surface area (Å²) in [6.45, 7) is 9.30. The summed E-state index contributed by atoms with van der Waals surface area (Å²) in [5, 5.41) is 10.5. The van der Waals surface area contributed by atoms with Crippen molar-refractivity contribution in [2.45, 2.75) is 59.1 Å². The van der Waals surface area contributed by atoms with E-state index in [-0.39, 0.29) is 5.92 Å². The van der Waals surface area contributed by atoms with Crippen LogP contribution in [0.4, 0.5) is 0 Å². The van der Waals surface area contributed by atoms with E-state index in [9.17, 15) is 5.11 Å². The molecule has 0 radical (unpaired) electrons. The third-order valence-corrected chi connectivity index (χ3v) is 3.42. The lowest BCUT2D eigenvalue weighted by Crippen LogP contribution is -2.37. The van der Waals surface area contributed by atoms with Crippen molar-refractivity contribution in [3.8, 4) is 0 Å². The van der Waals surface area contributed by atoms with Crippen molar-refractivity contribution < 1.29 is 5.11 Å². The number of hydrogen-bond donors (Lipinski definition) is 1. The molecule has 92 valence electrons. The SMILES string of the molecule is CCCn1ccnc1CC(O)(CC)C(C)C. The van der Waals surface area contributed by atoms with Crippen LogP contribution in [0, 0.1) is 5.92 Å². The molecule has 3 nitrogen and oxygen atoms in total. The van der Waals surface area contributed by atoms with Gasteiger partial charge in [0.2, 0.25) is 0 Å². The Morgan fingerprint density at radius 2 is 2.12 bits per heavy atom. The minimum absolute atomic E-state index is 0.254. The lowest BCUT2D eigenvalue weighted by Gasteiger charge is -2.31. The van der Waals surface area contributed by atoms with Gasteiger partial charge in [-0.05, 0) is 18.8 Å². The van der Waals surface area contributed by atoms with E-state index in [0.29, 0.717) is 6.42 Å². The molecule has 0 saturated heterocycles. The Labute approximate surface area is 98.5 Å². The highest BCUT2D eigenvalue weighted by atomic mass is 16.3. The highest BCUT2D eigenvalue weighted by Crippen LogP contribution is 2.25. The van der Waals surface area contributed by atoms with Crippen LogP contribution >= 0.6 is 0 Å². The van der Waals surface area contributed by atoms with Crippen LogP contribution in [-0.2, 0) is 13.0 Å². The maximum atomic E-state index is 10.5. The van der Waals surface area contributed by atoms with Gasteiger partial charge in [-0.1, -0.05) is 27.7 Å². The van der Waals surface area contributed by atoms with Crippen molar-refractivity contribution in [3.05, 3.63) is 18.2 Å². The van der Waals surface area contributed by atoms with Crippen molar-refractivity contribution in [1.82, 2.24) is 9.55 Å². The molecule has 1 heterocycles. The van der Waals surface area contributed by atoms with Crippen LogP contribution in [0.25, 0.3) is 0 Å². The summed E-state index contributed by atoms with van der Waals surface area (Å²) in [6.07, 6.45) is 6.32. The number of aryl methyl sites for hydroxylation is 1. The Morgan fingerprint density at radius 3 is 2.62 bits per heavy atom. The zero-order valence-electron chi connectivity index (χ0n) is 10.9. The predicted molar refractivity (Wildman–Crippen MR) is 66.3 cm³/mol. The number of imidazole rings is 1. The highest BCUT2D eigenvalue weighted by Gasteiger charge is 2.30. The fourth-order valence-corrected chi connectivity index (χ4v) is 1.96. The van der Waals surface area contributed by atoms with Crippen LogP contribution in [-0.4, -0.2) is 20.3 Å². The number of nitrogens with zero attached hydrogens (tertiary/aromatic N) is 2. The average Bonchev–Trinajstić information content (AvgIpc) is 2.66. The minimum Gasteiger partial charge on any atom is -0.389 e. The highest BCUT2D eigenvalue weighted by molar-refractivity contribution is 4.99. The second kappa shape index (κ2) is 5.48. The molecular weight excluding hydrogens is 200 g/mol. The summed E-state index contributed by atoms with van der Waals surface area (Å²) in [7, 11) is 0. The smallest absolute Gasteiger partial charge is 0.111 e. The Balaban J connectivity index is 2.81. The van der Waals surface area contributed by atoms with Crippen LogP contribution < -0.4 is 0 Å². The van der Waals surface area contributed by atoms with E-state index in [0.717, 1.165) is 25.2 Å². The fourth-order valence-electron chi connectivity index (χ4n) is 1.96. The third kappa shape index (κ3) is 2.85. The van der Waals surface area contributed by atoms with Crippen LogP contribution in [0.2, 0.25) is 0 Å². The first-order valence-electron chi connectivity index (χ1n) is 6.26. The minimum atomic E-state index is -0.628. The second-order valence-corrected chi connectivity index (χ2v) is 4.83. The number of hydrogen-bond acceptors (Lipinski definition) is 2. The van der Waals surface area contributed by atoms with Gasteiger partial charge < -0.3 is 9.67 Å². The number of rotatable bonds is 6. The summed E-state index contributed by atoms with van der Waals surface area (Å²) in [5.41, 5.74) is -0.628. The summed E-state index contributed by atoms with van der Waals surface area (Å²) in [4.78, 5) is 4.35. The molecular formula is C13H24N2O. The molecule has 0 aliphatic rings. The molecule has 1 rings (SSSR count). The molecule has 0 fully saturated rings. The molecule has 1 aromatic rings. The number of aromatic nitrogens is 2. The average molecular weight is 224 g/mol. The Bertz CT molecular complexity index is 319. The molecule has 0 aliphatic heterocycles. The van der Waals surface area contributed by atoms with Gasteiger partial charge in [0, 0.05) is 25.4 Å². The predicted octanol–water partition coefficient (Wildman–Crippen LogP) is 2.63. The first kappa shape index (κ1) is 13.2. The molecule has 0 aliphatic carbocycles. The number of aliphatic hydroxyl groups is 1. The van der Waals surface area contributed by atoms with Gasteiger partial charge in [-0.3, -0.25) is 0 Å². The first-order chi connectivity index (χ1) is 7.53. The van der Waals surface area contributed by atoms with Crippen LogP contribution in [0.1, 0.15) is 46.4 Å². The van der Waals surface area contributed by atoms with E-state index in [2.05, 4.69) is 30.3 Å². The molecule has 3 heteroatoms. The maximum Gasteiger partial charge on any atom is 0.111 e. The maximum absolute atomic E-state index is 10.5. The normalized spacial score (nSPS) is 15.4. The van der Waals surface area contributed by atoms with Gasteiger partial charge in [-0.2, -0.15) is 0 Å². The zero-order chi connectivity index (χ0) is 12.2. The van der Waals surface area contributed by atoms with E-state index in [4.69, 9.17) is 0 Å². The summed E-state index contributed by atoms with van der Waals surface area (Å²) >= 11 is 0. The molecule has 16 heavy (non-hydrogen) atoms. The summed E-state index contributed by atoms with van der Waals surface area (Å²) in [6, 6.07) is 0. The largest absolute Gasteiger partial charge is 0.389 e. The van der Waals surface area contributed by atoms with E-state index in [1.807, 2.05) is 19.3 Å². The van der Waals surface area contributed by atoms with Gasteiger partial charge in [-0.25, -0.2) is 4.98 Å². The molecule has 1 unspecified atom stereocenters. The van der Waals surface area contributed by atoms with Gasteiger partial charge in [0.25, 0.3) is 0 Å². The van der Waals surface area contributed by atoms with Crippen molar-refractivity contribution in [3.63, 3.8) is 0 Å². The molecule has 1 N–H and O–H groups in total. The van der Waals surface area contributed by atoms with E-state index < -0.39 is 5.60 Å². The molecule has 0 amide bonds. The zero-order valence-corrected chi connectivity index (χ0v) is 10.9. The molecule has 1 aromatic heterocycles. The Kier molecular flexibility index (Phi) is 4.54. The van der Waals surface area contributed by atoms with Crippen LogP contribution in [0.3, 0.4) is 0 Å². The van der Waals surface area contributed by atoms with Crippen molar-refractivity contribution in [2.24, 2.45) is 5.92 Å². The Hall–Kier alpha value is -0.830. The van der Waals surface area contributed by atoms with Gasteiger partial charge in [-0.15, -0.1) is 0 Å². The van der Waals surface area contributed by atoms with Gasteiger partial charge in [0.15, 0.2) is 0 Å². The third-order valence-electron chi connectivity index (χ3n) is 3.42. The molecule has 0 saturated carbocycles. The van der Waals surface area contributed by atoms with E-state index in [1.165, 1.54) is 0 Å². The lowest BCUT2D eigenvalue weighted by atomic mass is 9.84. The van der Waals surface area contributed by atoms with E-state index in [1.54, 1.807) is 0 Å². The van der Waals surface area contributed by atoms with Crippen molar-refractivity contribution in [1.29, 1.82) is 0 Å². The molecule has 0 aromatic carbocycles. The quantitative estimate of drug-likeness (QED) is 0.806.